The maximum atomic E-state index is 13.4. The molecule has 0 atom stereocenters. The van der Waals surface area contributed by atoms with E-state index in [0.717, 1.165) is 6.07 Å². The van der Waals surface area contributed by atoms with E-state index in [1.807, 2.05) is 0 Å². The van der Waals surface area contributed by atoms with Gasteiger partial charge in [0.25, 0.3) is 0 Å². The molecule has 98 valence electrons. The number of hydrogen-bond acceptors (Lipinski definition) is 5. The first-order valence-electron chi connectivity index (χ1n) is 5.32. The van der Waals surface area contributed by atoms with E-state index in [-0.39, 0.29) is 23.1 Å². The second-order valence-corrected chi connectivity index (χ2v) is 3.83. The Morgan fingerprint density at radius 3 is 2.74 bits per heavy atom. The second kappa shape index (κ2) is 4.89. The van der Waals surface area contributed by atoms with E-state index in [1.54, 1.807) is 6.92 Å². The van der Waals surface area contributed by atoms with E-state index in [1.165, 1.54) is 24.3 Å². The van der Waals surface area contributed by atoms with Gasteiger partial charge in [-0.05, 0) is 24.6 Å². The van der Waals surface area contributed by atoms with Crippen molar-refractivity contribution in [3.05, 3.63) is 51.8 Å². The fourth-order valence-corrected chi connectivity index (χ4v) is 1.41. The van der Waals surface area contributed by atoms with Crippen LogP contribution >= 0.6 is 0 Å². The molecule has 0 fully saturated rings. The highest BCUT2D eigenvalue weighted by Crippen LogP contribution is 2.30. The molecule has 1 aromatic carbocycles. The van der Waals surface area contributed by atoms with Crippen LogP contribution in [-0.2, 0) is 0 Å². The largest absolute Gasteiger partial charge is 0.434 e. The average molecular weight is 263 g/mol. The van der Waals surface area contributed by atoms with Crippen molar-refractivity contribution in [2.45, 2.75) is 6.92 Å². The predicted molar refractivity (Wildman–Crippen MR) is 66.5 cm³/mol. The zero-order valence-corrected chi connectivity index (χ0v) is 9.96. The van der Waals surface area contributed by atoms with Gasteiger partial charge in [0.1, 0.15) is 17.4 Å². The minimum absolute atomic E-state index is 0.0770. The van der Waals surface area contributed by atoms with Gasteiger partial charge in [0.15, 0.2) is 0 Å². The van der Waals surface area contributed by atoms with Crippen LogP contribution in [0.5, 0.6) is 11.6 Å². The van der Waals surface area contributed by atoms with Crippen LogP contribution in [0.2, 0.25) is 0 Å². The lowest BCUT2D eigenvalue weighted by molar-refractivity contribution is -0.386. The lowest BCUT2D eigenvalue weighted by Crippen LogP contribution is -1.99. The summed E-state index contributed by atoms with van der Waals surface area (Å²) in [4.78, 5) is 13.9. The van der Waals surface area contributed by atoms with Crippen LogP contribution in [0, 0.1) is 22.9 Å². The van der Waals surface area contributed by atoms with Gasteiger partial charge in [-0.1, -0.05) is 6.07 Å². The van der Waals surface area contributed by atoms with Crippen molar-refractivity contribution in [2.75, 3.05) is 5.73 Å². The molecule has 19 heavy (non-hydrogen) atoms. The fraction of sp³-hybridized carbons (Fsp3) is 0.0833. The van der Waals surface area contributed by atoms with E-state index < -0.39 is 10.7 Å². The number of ether oxygens (including phenoxy) is 1. The second-order valence-electron chi connectivity index (χ2n) is 3.83. The van der Waals surface area contributed by atoms with Crippen molar-refractivity contribution in [1.29, 1.82) is 0 Å². The molecule has 6 nitrogen and oxygen atoms in total. The quantitative estimate of drug-likeness (QED) is 0.679. The Morgan fingerprint density at radius 2 is 2.11 bits per heavy atom. The summed E-state index contributed by atoms with van der Waals surface area (Å²) in [7, 11) is 0. The molecular weight excluding hydrogens is 253 g/mol. The van der Waals surface area contributed by atoms with Gasteiger partial charge in [0.2, 0.25) is 0 Å². The predicted octanol–water partition coefficient (Wildman–Crippen LogP) is 2.81. The smallest absolute Gasteiger partial charge is 0.331 e. The maximum absolute atomic E-state index is 13.4. The van der Waals surface area contributed by atoms with Crippen molar-refractivity contribution < 1.29 is 14.1 Å². The molecule has 0 saturated heterocycles. The summed E-state index contributed by atoms with van der Waals surface area (Å²) in [6.45, 7) is 1.60. The van der Waals surface area contributed by atoms with Crippen LogP contribution in [0.4, 0.5) is 15.9 Å². The molecule has 0 saturated carbocycles. The molecule has 2 rings (SSSR count). The van der Waals surface area contributed by atoms with Gasteiger partial charge >= 0.3 is 11.6 Å². The zero-order chi connectivity index (χ0) is 14.0. The Kier molecular flexibility index (Phi) is 3.28. The molecule has 1 aromatic heterocycles. The Hall–Kier alpha value is -2.70. The van der Waals surface area contributed by atoms with Crippen LogP contribution in [0.15, 0.2) is 30.3 Å². The highest BCUT2D eigenvalue weighted by atomic mass is 19.1. The molecule has 0 spiro atoms. The maximum Gasteiger partial charge on any atom is 0.331 e. The summed E-state index contributed by atoms with van der Waals surface area (Å²) in [5.74, 6) is -0.546. The van der Waals surface area contributed by atoms with Gasteiger partial charge in [-0.15, -0.1) is 0 Å². The Balaban J connectivity index is 2.39. The van der Waals surface area contributed by atoms with E-state index >= 15 is 0 Å². The van der Waals surface area contributed by atoms with E-state index in [9.17, 15) is 14.5 Å². The van der Waals surface area contributed by atoms with Gasteiger partial charge in [0, 0.05) is 12.1 Å². The lowest BCUT2D eigenvalue weighted by atomic mass is 10.2. The molecule has 0 aliphatic rings. The van der Waals surface area contributed by atoms with Crippen LogP contribution < -0.4 is 10.5 Å². The molecule has 0 amide bonds. The summed E-state index contributed by atoms with van der Waals surface area (Å²) in [6.07, 6.45) is 0. The van der Waals surface area contributed by atoms with E-state index in [0.29, 0.717) is 5.56 Å². The summed E-state index contributed by atoms with van der Waals surface area (Å²) >= 11 is 0. The molecule has 2 N–H and O–H groups in total. The summed E-state index contributed by atoms with van der Waals surface area (Å²) in [5.41, 5.74) is 5.56. The average Bonchev–Trinajstić information content (AvgIpc) is 2.33. The van der Waals surface area contributed by atoms with Crippen molar-refractivity contribution >= 4 is 11.5 Å². The van der Waals surface area contributed by atoms with E-state index in [4.69, 9.17) is 10.5 Å². The number of nitrogens with zero attached hydrogens (tertiary/aromatic N) is 2. The SMILES string of the molecule is Cc1ccc(Oc2nc(N)ccc2[N+](=O)[O-])cc1F. The van der Waals surface area contributed by atoms with Crippen LogP contribution in [-0.4, -0.2) is 9.91 Å². The summed E-state index contributed by atoms with van der Waals surface area (Å²) in [6, 6.07) is 6.60. The van der Waals surface area contributed by atoms with Gasteiger partial charge in [-0.2, -0.15) is 4.98 Å². The number of nitrogen functional groups attached to an aromatic ring is 1. The number of nitrogens with two attached hydrogens (primary N) is 1. The van der Waals surface area contributed by atoms with Crippen LogP contribution in [0.1, 0.15) is 5.56 Å². The highest BCUT2D eigenvalue weighted by molar-refractivity contribution is 5.48. The summed E-state index contributed by atoms with van der Waals surface area (Å²) < 4.78 is 18.6. The number of hydrogen-bond donors (Lipinski definition) is 1. The van der Waals surface area contributed by atoms with Crippen molar-refractivity contribution in [1.82, 2.24) is 4.98 Å². The minimum atomic E-state index is -0.647. The first-order valence-corrected chi connectivity index (χ1v) is 5.32. The van der Waals surface area contributed by atoms with Gasteiger partial charge in [0.05, 0.1) is 4.92 Å². The van der Waals surface area contributed by atoms with Crippen molar-refractivity contribution in [3.8, 4) is 11.6 Å². The molecule has 7 heteroatoms. The fourth-order valence-electron chi connectivity index (χ4n) is 1.41. The van der Waals surface area contributed by atoms with Gasteiger partial charge < -0.3 is 10.5 Å². The first-order chi connectivity index (χ1) is 8.97. The molecule has 0 bridgehead atoms. The van der Waals surface area contributed by atoms with Gasteiger partial charge in [-0.25, -0.2) is 4.39 Å². The monoisotopic (exact) mass is 263 g/mol. The van der Waals surface area contributed by atoms with E-state index in [2.05, 4.69) is 4.98 Å². The molecule has 0 aliphatic heterocycles. The number of aryl methyl sites for hydroxylation is 1. The molecule has 1 heterocycles. The Bertz CT molecular complexity index is 646. The number of halogens is 1. The minimum Gasteiger partial charge on any atom is -0.434 e. The number of benzene rings is 1. The zero-order valence-electron chi connectivity index (χ0n) is 9.96. The van der Waals surface area contributed by atoms with Crippen LogP contribution in [0.25, 0.3) is 0 Å². The molecule has 2 aromatic rings. The number of rotatable bonds is 3. The molecule has 0 radical (unpaired) electrons. The Morgan fingerprint density at radius 1 is 1.37 bits per heavy atom. The first kappa shape index (κ1) is 12.7. The number of pyridine rings is 1. The third-order valence-electron chi connectivity index (χ3n) is 2.42. The van der Waals surface area contributed by atoms with Crippen LogP contribution in [0.3, 0.4) is 0 Å². The molecule has 0 aliphatic carbocycles. The van der Waals surface area contributed by atoms with Gasteiger partial charge in [-0.3, -0.25) is 10.1 Å². The molecular formula is C12H10FN3O3. The third-order valence-corrected chi connectivity index (χ3v) is 2.42. The number of nitro groups is 1. The Labute approximate surface area is 107 Å². The highest BCUT2D eigenvalue weighted by Gasteiger charge is 2.18. The standard InChI is InChI=1S/C12H10FN3O3/c1-7-2-3-8(6-9(7)13)19-12-10(16(17)18)4-5-11(14)15-12/h2-6H,1H3,(H2,14,15). The molecule has 0 unspecified atom stereocenters. The number of aromatic nitrogens is 1. The number of anilines is 1. The van der Waals surface area contributed by atoms with Crippen molar-refractivity contribution in [2.24, 2.45) is 0 Å². The van der Waals surface area contributed by atoms with Crippen molar-refractivity contribution in [3.63, 3.8) is 0 Å². The topological polar surface area (TPSA) is 91.3 Å². The normalized spacial score (nSPS) is 10.2. The summed E-state index contributed by atoms with van der Waals surface area (Å²) in [5, 5.41) is 10.8. The third kappa shape index (κ3) is 2.76. The lowest BCUT2D eigenvalue weighted by Gasteiger charge is -2.06.